The highest BCUT2D eigenvalue weighted by Gasteiger charge is 2.24. The van der Waals surface area contributed by atoms with Gasteiger partial charge in [0, 0.05) is 6.42 Å². The van der Waals surface area contributed by atoms with Crippen LogP contribution in [-0.2, 0) is 18.4 Å². The summed E-state index contributed by atoms with van der Waals surface area (Å²) in [4.78, 5) is 25.1. The maximum Gasteiger partial charge on any atom is 0.268 e. The second-order valence-electron chi connectivity index (χ2n) is 15.0. The molecule has 0 rings (SSSR count). The van der Waals surface area contributed by atoms with Gasteiger partial charge in [-0.3, -0.25) is 9.36 Å². The number of nitrogens with zero attached hydrogens (tertiary/aromatic N) is 1. The van der Waals surface area contributed by atoms with Gasteiger partial charge in [-0.25, -0.2) is 0 Å². The van der Waals surface area contributed by atoms with Crippen molar-refractivity contribution in [1.82, 2.24) is 5.32 Å². The maximum atomic E-state index is 12.7. The van der Waals surface area contributed by atoms with Crippen LogP contribution in [0.3, 0.4) is 0 Å². The summed E-state index contributed by atoms with van der Waals surface area (Å²) < 4.78 is 23.0. The number of phosphoric ester groups is 1. The molecule has 1 amide bonds. The Labute approximate surface area is 320 Å². The van der Waals surface area contributed by atoms with Gasteiger partial charge in [0.1, 0.15) is 13.2 Å². The molecular weight excluding hydrogens is 671 g/mol. The predicted molar refractivity (Wildman–Crippen MR) is 219 cm³/mol. The number of carbonyl (C=O) groups excluding carboxylic acids is 1. The van der Waals surface area contributed by atoms with E-state index in [9.17, 15) is 19.4 Å². The van der Waals surface area contributed by atoms with Gasteiger partial charge in [0.05, 0.1) is 39.9 Å². The molecule has 8 nitrogen and oxygen atoms in total. The molecule has 9 heteroatoms. The van der Waals surface area contributed by atoms with Crippen LogP contribution in [0.5, 0.6) is 0 Å². The van der Waals surface area contributed by atoms with Gasteiger partial charge in [-0.05, 0) is 57.8 Å². The third-order valence-corrected chi connectivity index (χ3v) is 9.73. The standard InChI is InChI=1S/C43H79N2O6P/c1-6-8-10-12-13-14-15-16-17-18-19-20-21-22-23-24-25-26-27-28-29-30-31-33-35-37-43(47)44-41(42(46)36-34-32-11-9-7-2)40-51-52(48,49)50-39-38-45(3,4)5/h8,10,13-14,16-17,19-20,22-23,41-42,46H,6-7,9,11-12,15,18,21,24-40H2,1-5H3,(H-,44,47,48,49)/b10-8-,14-13-,17-16-,20-19-,23-22-. The first kappa shape index (κ1) is 50.2. The number of unbranched alkanes of at least 4 members (excludes halogenated alkanes) is 13. The third-order valence-electron chi connectivity index (χ3n) is 8.77. The Morgan fingerprint density at radius 2 is 1.17 bits per heavy atom. The van der Waals surface area contributed by atoms with Crippen LogP contribution in [-0.4, -0.2) is 68.5 Å². The zero-order chi connectivity index (χ0) is 38.6. The van der Waals surface area contributed by atoms with Crippen LogP contribution >= 0.6 is 7.82 Å². The normalized spacial score (nSPS) is 15.1. The number of rotatable bonds is 36. The molecular formula is C43H79N2O6P. The molecule has 3 atom stereocenters. The Kier molecular flexibility index (Phi) is 33.7. The summed E-state index contributed by atoms with van der Waals surface area (Å²) in [7, 11) is 1.28. The van der Waals surface area contributed by atoms with Gasteiger partial charge in [0.2, 0.25) is 5.91 Å². The average Bonchev–Trinajstić information content (AvgIpc) is 3.09. The van der Waals surface area contributed by atoms with E-state index in [0.29, 0.717) is 23.9 Å². The lowest BCUT2D eigenvalue weighted by molar-refractivity contribution is -0.870. The number of allylic oxidation sites excluding steroid dienone is 10. The fourth-order valence-corrected chi connectivity index (χ4v) is 6.20. The fraction of sp³-hybridized carbons (Fsp3) is 0.744. The Balaban J connectivity index is 4.09. The molecule has 302 valence electrons. The smallest absolute Gasteiger partial charge is 0.268 e. The van der Waals surface area contributed by atoms with Gasteiger partial charge in [-0.15, -0.1) is 0 Å². The van der Waals surface area contributed by atoms with Crippen LogP contribution in [0.25, 0.3) is 0 Å². The first-order chi connectivity index (χ1) is 25.0. The van der Waals surface area contributed by atoms with Crippen molar-refractivity contribution in [2.45, 2.75) is 167 Å². The highest BCUT2D eigenvalue weighted by atomic mass is 31.2. The fourth-order valence-electron chi connectivity index (χ4n) is 5.48. The zero-order valence-electron chi connectivity index (χ0n) is 34.0. The van der Waals surface area contributed by atoms with Crippen molar-refractivity contribution in [3.8, 4) is 0 Å². The van der Waals surface area contributed by atoms with Gasteiger partial charge in [-0.2, -0.15) is 0 Å². The van der Waals surface area contributed by atoms with E-state index in [1.165, 1.54) is 38.5 Å². The van der Waals surface area contributed by atoms with Gasteiger partial charge in [-0.1, -0.05) is 152 Å². The summed E-state index contributed by atoms with van der Waals surface area (Å²) in [6.07, 6.45) is 44.1. The van der Waals surface area contributed by atoms with Crippen molar-refractivity contribution >= 4 is 13.7 Å². The molecule has 3 unspecified atom stereocenters. The number of nitrogens with one attached hydrogen (secondary N) is 1. The van der Waals surface area contributed by atoms with Crippen molar-refractivity contribution in [2.24, 2.45) is 0 Å². The zero-order valence-corrected chi connectivity index (χ0v) is 34.9. The van der Waals surface area contributed by atoms with Crippen molar-refractivity contribution in [3.05, 3.63) is 60.8 Å². The molecule has 0 spiro atoms. The SMILES string of the molecule is CC/C=C\C/C=C\C/C=C\C/C=C\C/C=C\CCCCCCCCCCCC(=O)NC(COP(=O)([O-])OCC[N+](C)(C)C)C(O)CCCCCCC. The van der Waals surface area contributed by atoms with E-state index in [4.69, 9.17) is 9.05 Å². The second kappa shape index (κ2) is 34.9. The lowest BCUT2D eigenvalue weighted by Gasteiger charge is -2.30. The molecule has 0 aliphatic rings. The first-order valence-electron chi connectivity index (χ1n) is 20.6. The maximum absolute atomic E-state index is 12.7. The summed E-state index contributed by atoms with van der Waals surface area (Å²) in [5, 5.41) is 13.7. The predicted octanol–water partition coefficient (Wildman–Crippen LogP) is 10.4. The summed E-state index contributed by atoms with van der Waals surface area (Å²) in [5.41, 5.74) is 0. The first-order valence-corrected chi connectivity index (χ1v) is 22.1. The van der Waals surface area contributed by atoms with Crippen molar-refractivity contribution in [2.75, 3.05) is 40.9 Å². The molecule has 0 saturated carbocycles. The molecule has 52 heavy (non-hydrogen) atoms. The van der Waals surface area contributed by atoms with Gasteiger partial charge in [0.15, 0.2) is 0 Å². The molecule has 0 saturated heterocycles. The number of aliphatic hydroxyl groups excluding tert-OH is 1. The van der Waals surface area contributed by atoms with Crippen LogP contribution < -0.4 is 10.2 Å². The molecule has 0 aliphatic carbocycles. The molecule has 0 bridgehead atoms. The topological polar surface area (TPSA) is 108 Å². The van der Waals surface area contributed by atoms with Gasteiger partial charge < -0.3 is 28.8 Å². The lowest BCUT2D eigenvalue weighted by Crippen LogP contribution is -2.46. The monoisotopic (exact) mass is 751 g/mol. The molecule has 0 aromatic rings. The number of amides is 1. The van der Waals surface area contributed by atoms with E-state index in [0.717, 1.165) is 89.9 Å². The Morgan fingerprint density at radius 3 is 1.71 bits per heavy atom. The quantitative estimate of drug-likeness (QED) is 0.0286. The van der Waals surface area contributed by atoms with Gasteiger partial charge >= 0.3 is 0 Å². The minimum absolute atomic E-state index is 0.00704. The highest BCUT2D eigenvalue weighted by molar-refractivity contribution is 7.45. The molecule has 0 aromatic heterocycles. The average molecular weight is 751 g/mol. The molecule has 0 aliphatic heterocycles. The van der Waals surface area contributed by atoms with E-state index in [2.05, 4.69) is 79.9 Å². The minimum atomic E-state index is -4.55. The molecule has 0 fully saturated rings. The van der Waals surface area contributed by atoms with Crippen LogP contribution in [0.15, 0.2) is 60.8 Å². The Bertz CT molecular complexity index is 1030. The van der Waals surface area contributed by atoms with Crippen molar-refractivity contribution in [3.63, 3.8) is 0 Å². The van der Waals surface area contributed by atoms with E-state index >= 15 is 0 Å². The number of phosphoric acid groups is 1. The van der Waals surface area contributed by atoms with E-state index in [1.54, 1.807) is 0 Å². The number of hydrogen-bond acceptors (Lipinski definition) is 6. The number of aliphatic hydroxyl groups is 1. The van der Waals surface area contributed by atoms with E-state index in [1.807, 2.05) is 21.1 Å². The Morgan fingerprint density at radius 1 is 0.692 bits per heavy atom. The van der Waals surface area contributed by atoms with Gasteiger partial charge in [0.25, 0.3) is 7.82 Å². The Hall–Kier alpha value is -1.80. The van der Waals surface area contributed by atoms with Crippen molar-refractivity contribution in [1.29, 1.82) is 0 Å². The van der Waals surface area contributed by atoms with Crippen molar-refractivity contribution < 1.29 is 32.9 Å². The number of hydrogen-bond donors (Lipinski definition) is 2. The number of carbonyl (C=O) groups is 1. The highest BCUT2D eigenvalue weighted by Crippen LogP contribution is 2.38. The lowest BCUT2D eigenvalue weighted by atomic mass is 10.0. The van der Waals surface area contributed by atoms with Crippen LogP contribution in [0, 0.1) is 0 Å². The van der Waals surface area contributed by atoms with E-state index in [-0.39, 0.29) is 19.1 Å². The molecule has 0 radical (unpaired) electrons. The second-order valence-corrected chi connectivity index (χ2v) is 16.4. The third kappa shape index (κ3) is 36.6. The number of likely N-dealkylation sites (N-methyl/N-ethyl adjacent to an activating group) is 1. The summed E-state index contributed by atoms with van der Waals surface area (Å²) in [6, 6.07) is -0.802. The summed E-state index contributed by atoms with van der Waals surface area (Å²) >= 11 is 0. The van der Waals surface area contributed by atoms with Crippen LogP contribution in [0.4, 0.5) is 0 Å². The van der Waals surface area contributed by atoms with Crippen LogP contribution in [0.2, 0.25) is 0 Å². The largest absolute Gasteiger partial charge is 0.756 e. The molecule has 2 N–H and O–H groups in total. The summed E-state index contributed by atoms with van der Waals surface area (Å²) in [6.45, 7) is 4.48. The number of quaternary nitrogens is 1. The summed E-state index contributed by atoms with van der Waals surface area (Å²) in [5.74, 6) is -0.183. The van der Waals surface area contributed by atoms with Crippen LogP contribution in [0.1, 0.15) is 155 Å². The minimum Gasteiger partial charge on any atom is -0.756 e. The van der Waals surface area contributed by atoms with E-state index < -0.39 is 20.0 Å². The molecule has 0 aromatic carbocycles. The molecule has 0 heterocycles.